The van der Waals surface area contributed by atoms with E-state index in [0.717, 1.165) is 16.3 Å². The van der Waals surface area contributed by atoms with Crippen molar-refractivity contribution in [1.82, 2.24) is 4.98 Å². The van der Waals surface area contributed by atoms with Crippen molar-refractivity contribution in [1.29, 1.82) is 0 Å². The molecule has 0 bridgehead atoms. The molecule has 90 valence electrons. The molecule has 0 unspecified atom stereocenters. The van der Waals surface area contributed by atoms with Crippen LogP contribution in [0.3, 0.4) is 0 Å². The molecule has 1 amide bonds. The molecule has 1 aliphatic rings. The van der Waals surface area contributed by atoms with E-state index >= 15 is 0 Å². The number of hydrogen-bond acceptors (Lipinski definition) is 4. The van der Waals surface area contributed by atoms with Crippen molar-refractivity contribution in [2.75, 3.05) is 4.90 Å². The van der Waals surface area contributed by atoms with Crippen LogP contribution in [-0.2, 0) is 11.3 Å². The molecule has 1 aromatic carbocycles. The third-order valence-corrected chi connectivity index (χ3v) is 3.73. The molecule has 0 N–H and O–H groups in total. The minimum atomic E-state index is -0.463. The van der Waals surface area contributed by atoms with Crippen molar-refractivity contribution in [3.05, 3.63) is 45.9 Å². The molecule has 0 radical (unpaired) electrons. The van der Waals surface area contributed by atoms with E-state index in [0.29, 0.717) is 12.1 Å². The molecule has 0 saturated heterocycles. The van der Waals surface area contributed by atoms with E-state index in [4.69, 9.17) is 0 Å². The van der Waals surface area contributed by atoms with Gasteiger partial charge in [0.2, 0.25) is 0 Å². The van der Waals surface area contributed by atoms with Crippen molar-refractivity contribution < 1.29 is 9.59 Å². The van der Waals surface area contributed by atoms with Crippen LogP contribution in [0.4, 0.5) is 5.69 Å². The summed E-state index contributed by atoms with van der Waals surface area (Å²) in [6.07, 6.45) is 1.70. The van der Waals surface area contributed by atoms with Gasteiger partial charge in [0, 0.05) is 11.6 Å². The highest BCUT2D eigenvalue weighted by Crippen LogP contribution is 2.33. The molecule has 18 heavy (non-hydrogen) atoms. The number of anilines is 1. The number of carbonyl (C=O) groups is 2. The molecule has 2 heterocycles. The van der Waals surface area contributed by atoms with E-state index in [9.17, 15) is 9.59 Å². The normalized spacial score (nSPS) is 14.2. The zero-order chi connectivity index (χ0) is 12.7. The number of hydrogen-bond donors (Lipinski definition) is 0. The fraction of sp³-hybridized carbons (Fsp3) is 0.154. The summed E-state index contributed by atoms with van der Waals surface area (Å²) in [6.45, 7) is 2.26. The molecule has 3 rings (SSSR count). The smallest absolute Gasteiger partial charge is 0.298 e. The van der Waals surface area contributed by atoms with Gasteiger partial charge in [0.15, 0.2) is 0 Å². The van der Waals surface area contributed by atoms with Crippen LogP contribution in [-0.4, -0.2) is 16.7 Å². The number of rotatable bonds is 2. The second-order valence-corrected chi connectivity index (χ2v) is 5.10. The fourth-order valence-electron chi connectivity index (χ4n) is 2.16. The first-order valence-electron chi connectivity index (χ1n) is 5.52. The third-order valence-electron chi connectivity index (χ3n) is 2.97. The Balaban J connectivity index is 2.07. The number of nitrogens with zero attached hydrogens (tertiary/aromatic N) is 2. The van der Waals surface area contributed by atoms with Gasteiger partial charge in [-0.2, -0.15) is 0 Å². The number of thiazole rings is 1. The van der Waals surface area contributed by atoms with E-state index in [1.807, 2.05) is 18.4 Å². The highest BCUT2D eigenvalue weighted by Gasteiger charge is 2.36. The van der Waals surface area contributed by atoms with Crippen LogP contribution >= 0.6 is 11.3 Å². The Morgan fingerprint density at radius 1 is 1.33 bits per heavy atom. The first-order valence-corrected chi connectivity index (χ1v) is 6.40. The number of fused-ring (bicyclic) bond motifs is 1. The zero-order valence-electron chi connectivity index (χ0n) is 9.71. The van der Waals surface area contributed by atoms with Gasteiger partial charge in [0.25, 0.3) is 11.7 Å². The molecule has 0 saturated carbocycles. The molecule has 1 aromatic heterocycles. The fourth-order valence-corrected chi connectivity index (χ4v) is 2.76. The Bertz CT molecular complexity index is 634. The standard InChI is InChI=1S/C13H10N2O2S/c1-8-3-2-4-9-11(8)15(13(17)12(9)16)7-10-14-5-6-18-10/h2-6H,7H2,1H3. The van der Waals surface area contributed by atoms with E-state index in [1.54, 1.807) is 18.3 Å². The van der Waals surface area contributed by atoms with Crippen molar-refractivity contribution >= 4 is 28.7 Å². The summed E-state index contributed by atoms with van der Waals surface area (Å²) >= 11 is 1.48. The first-order chi connectivity index (χ1) is 8.68. The molecule has 0 atom stereocenters. The van der Waals surface area contributed by atoms with Gasteiger partial charge in [-0.05, 0) is 18.6 Å². The minimum absolute atomic E-state index is 0.361. The number of aryl methyl sites for hydroxylation is 1. The van der Waals surface area contributed by atoms with Gasteiger partial charge in [-0.25, -0.2) is 4.98 Å². The molecule has 0 fully saturated rings. The molecule has 4 nitrogen and oxygen atoms in total. The van der Waals surface area contributed by atoms with E-state index in [-0.39, 0.29) is 0 Å². The van der Waals surface area contributed by atoms with Crippen molar-refractivity contribution in [2.45, 2.75) is 13.5 Å². The van der Waals surface area contributed by atoms with E-state index in [1.165, 1.54) is 16.2 Å². The van der Waals surface area contributed by atoms with Crippen LogP contribution in [0.15, 0.2) is 29.8 Å². The van der Waals surface area contributed by atoms with Crippen molar-refractivity contribution in [3.63, 3.8) is 0 Å². The Morgan fingerprint density at radius 2 is 2.17 bits per heavy atom. The lowest BCUT2D eigenvalue weighted by Gasteiger charge is -2.16. The van der Waals surface area contributed by atoms with Crippen LogP contribution in [0.1, 0.15) is 20.9 Å². The predicted octanol–water partition coefficient (Wildman–Crippen LogP) is 2.18. The number of para-hydroxylation sites is 1. The van der Waals surface area contributed by atoms with Gasteiger partial charge in [0.1, 0.15) is 5.01 Å². The number of Topliss-reactive ketones (excluding diaryl/α,β-unsaturated/α-hetero) is 1. The lowest BCUT2D eigenvalue weighted by molar-refractivity contribution is -0.114. The maximum Gasteiger partial charge on any atom is 0.299 e. The van der Waals surface area contributed by atoms with Gasteiger partial charge in [-0.3, -0.25) is 14.5 Å². The van der Waals surface area contributed by atoms with Gasteiger partial charge in [-0.1, -0.05) is 12.1 Å². The summed E-state index contributed by atoms with van der Waals surface area (Å²) in [4.78, 5) is 29.5. The Morgan fingerprint density at radius 3 is 2.89 bits per heavy atom. The van der Waals surface area contributed by atoms with E-state index in [2.05, 4.69) is 4.98 Å². The maximum absolute atomic E-state index is 12.0. The Labute approximate surface area is 108 Å². The molecule has 0 aliphatic carbocycles. The van der Waals surface area contributed by atoms with Crippen LogP contribution in [0.2, 0.25) is 0 Å². The summed E-state index contributed by atoms with van der Waals surface area (Å²) in [6, 6.07) is 5.40. The molecular formula is C13H10N2O2S. The molecule has 1 aliphatic heterocycles. The second-order valence-electron chi connectivity index (χ2n) is 4.12. The average molecular weight is 258 g/mol. The van der Waals surface area contributed by atoms with Gasteiger partial charge >= 0.3 is 0 Å². The Kier molecular flexibility index (Phi) is 2.48. The van der Waals surface area contributed by atoms with Crippen molar-refractivity contribution in [2.24, 2.45) is 0 Å². The number of ketones is 1. The van der Waals surface area contributed by atoms with Gasteiger partial charge in [0.05, 0.1) is 17.8 Å². The lowest BCUT2D eigenvalue weighted by Crippen LogP contribution is -2.29. The first kappa shape index (κ1) is 11.1. The lowest BCUT2D eigenvalue weighted by atomic mass is 10.1. The molecule has 0 spiro atoms. The predicted molar refractivity (Wildman–Crippen MR) is 68.8 cm³/mol. The quantitative estimate of drug-likeness (QED) is 0.776. The second kappa shape index (κ2) is 4.03. The SMILES string of the molecule is Cc1cccc2c1N(Cc1nccs1)C(=O)C2=O. The maximum atomic E-state index is 12.0. The highest BCUT2D eigenvalue weighted by atomic mass is 32.1. The van der Waals surface area contributed by atoms with Crippen LogP contribution in [0.25, 0.3) is 0 Å². The van der Waals surface area contributed by atoms with Gasteiger partial charge < -0.3 is 0 Å². The summed E-state index contributed by atoms with van der Waals surface area (Å²) in [5.74, 6) is -0.889. The number of benzene rings is 1. The van der Waals surface area contributed by atoms with Crippen molar-refractivity contribution in [3.8, 4) is 0 Å². The summed E-state index contributed by atoms with van der Waals surface area (Å²) in [5, 5.41) is 2.68. The van der Waals surface area contributed by atoms with Crippen LogP contribution in [0.5, 0.6) is 0 Å². The third kappa shape index (κ3) is 1.55. The van der Waals surface area contributed by atoms with Crippen LogP contribution in [0, 0.1) is 6.92 Å². The number of amides is 1. The molecule has 5 heteroatoms. The van der Waals surface area contributed by atoms with Gasteiger partial charge in [-0.15, -0.1) is 11.3 Å². The monoisotopic (exact) mass is 258 g/mol. The molecule has 2 aromatic rings. The summed E-state index contributed by atoms with van der Waals surface area (Å²) in [5.41, 5.74) is 2.16. The minimum Gasteiger partial charge on any atom is -0.298 e. The topological polar surface area (TPSA) is 50.3 Å². The van der Waals surface area contributed by atoms with Crippen LogP contribution < -0.4 is 4.90 Å². The van der Waals surface area contributed by atoms with E-state index < -0.39 is 11.7 Å². The Hall–Kier alpha value is -2.01. The number of aromatic nitrogens is 1. The summed E-state index contributed by atoms with van der Waals surface area (Å²) in [7, 11) is 0. The largest absolute Gasteiger partial charge is 0.299 e. The summed E-state index contributed by atoms with van der Waals surface area (Å²) < 4.78 is 0. The highest BCUT2D eigenvalue weighted by molar-refractivity contribution is 7.09. The number of carbonyl (C=O) groups excluding carboxylic acids is 2. The molecular weight excluding hydrogens is 248 g/mol. The zero-order valence-corrected chi connectivity index (χ0v) is 10.5. The average Bonchev–Trinajstić information content (AvgIpc) is 2.94.